The summed E-state index contributed by atoms with van der Waals surface area (Å²) < 4.78 is 93.6. The molecule has 3 saturated heterocycles. The van der Waals surface area contributed by atoms with Crippen LogP contribution in [0.3, 0.4) is 0 Å². The molecule has 5 N–H and O–H groups in total. The van der Waals surface area contributed by atoms with Crippen molar-refractivity contribution < 1.29 is 162 Å². The molecule has 3 heterocycles. The molecule has 3 aromatic carbocycles. The second kappa shape index (κ2) is 67.3. The van der Waals surface area contributed by atoms with Crippen molar-refractivity contribution in [3.63, 3.8) is 0 Å². The number of ketones is 4. The number of carbonyl (C=O) groups excluding carboxylic acids is 18. The van der Waals surface area contributed by atoms with Gasteiger partial charge in [-0.3, -0.25) is 81.5 Å². The van der Waals surface area contributed by atoms with Crippen LogP contribution in [0.1, 0.15) is 274 Å². The lowest BCUT2D eigenvalue weighted by Crippen LogP contribution is -2.62. The Labute approximate surface area is 867 Å². The van der Waals surface area contributed by atoms with E-state index in [0.717, 1.165) is 0 Å². The van der Waals surface area contributed by atoms with Crippen molar-refractivity contribution in [3.05, 3.63) is 95.6 Å². The van der Waals surface area contributed by atoms with Crippen molar-refractivity contribution >= 4 is 106 Å². The molecule has 3 aliphatic heterocycles. The minimum atomic E-state index is -1.69. The Morgan fingerprint density at radius 1 is 0.358 bits per heavy atom. The van der Waals surface area contributed by atoms with Crippen molar-refractivity contribution in [2.45, 2.75) is 342 Å². The van der Waals surface area contributed by atoms with Gasteiger partial charge in [0.1, 0.15) is 96.7 Å². The number of nitrogens with one attached hydrogen (secondary N) is 5. The Morgan fingerprint density at radius 3 is 1.02 bits per heavy atom. The van der Waals surface area contributed by atoms with Crippen molar-refractivity contribution in [3.8, 4) is 11.5 Å². The first-order valence-electron chi connectivity index (χ1n) is 51.5. The number of carbonyl (C=O) groups is 18. The zero-order chi connectivity index (χ0) is 109. The second-order valence-corrected chi connectivity index (χ2v) is 37.7. The Morgan fingerprint density at radius 2 is 0.682 bits per heavy atom. The van der Waals surface area contributed by atoms with Crippen LogP contribution in [-0.4, -0.2) is 296 Å². The lowest BCUT2D eigenvalue weighted by molar-refractivity contribution is -0.262. The van der Waals surface area contributed by atoms with Crippen LogP contribution in [0, 0.1) is 17.8 Å². The highest BCUT2D eigenvalue weighted by molar-refractivity contribution is 5.86. The average molecular weight is 2090 g/mol. The summed E-state index contributed by atoms with van der Waals surface area (Å²) in [5.41, 5.74) is 0.261. The molecule has 0 aliphatic carbocycles. The van der Waals surface area contributed by atoms with E-state index < -0.39 is 163 Å². The van der Waals surface area contributed by atoms with Crippen LogP contribution >= 0.6 is 0 Å². The minimum absolute atomic E-state index is 0.00657. The average Bonchev–Trinajstić information content (AvgIpc) is 0.748. The largest absolute Gasteiger partial charge is 0.497 e. The second-order valence-electron chi connectivity index (χ2n) is 37.7. The van der Waals surface area contributed by atoms with Gasteiger partial charge in [0.2, 0.25) is 41.5 Å². The number of unbranched alkanes of at least 4 members (excludes halogenated alkanes) is 6. The molecule has 0 saturated carbocycles. The summed E-state index contributed by atoms with van der Waals surface area (Å²) in [6, 6.07) is 21.3. The summed E-state index contributed by atoms with van der Waals surface area (Å²) >= 11 is 0. The van der Waals surface area contributed by atoms with E-state index in [0.29, 0.717) is 105 Å². The summed E-state index contributed by atoms with van der Waals surface area (Å²) in [5, 5.41) is 14.3. The van der Waals surface area contributed by atoms with Crippen LogP contribution in [0.5, 0.6) is 11.5 Å². The Balaban J connectivity index is 1.17. The summed E-state index contributed by atoms with van der Waals surface area (Å²) in [6.07, 6.45) is -3.92. The van der Waals surface area contributed by atoms with Gasteiger partial charge in [-0.2, -0.15) is 0 Å². The lowest BCUT2D eigenvalue weighted by Gasteiger charge is -2.44. The molecular formula is C107H157N7O34. The summed E-state index contributed by atoms with van der Waals surface area (Å²) in [4.78, 5) is 236. The highest BCUT2D eigenvalue weighted by Crippen LogP contribution is 2.43. The highest BCUT2D eigenvalue weighted by atomic mass is 16.7. The maximum absolute atomic E-state index is 15.9. The zero-order valence-electron chi connectivity index (χ0n) is 88.6. The molecule has 3 aromatic rings. The molecule has 0 radical (unpaired) electrons. The van der Waals surface area contributed by atoms with E-state index in [1.165, 1.54) is 88.4 Å². The van der Waals surface area contributed by atoms with Gasteiger partial charge >= 0.3 is 41.8 Å². The van der Waals surface area contributed by atoms with Crippen LogP contribution in [0.2, 0.25) is 0 Å². The fraction of sp³-hybridized carbons (Fsp3) is 0.664. The molecule has 148 heavy (non-hydrogen) atoms. The SMILES string of the molecule is COc1ccc(C(OCC(OC(=O)CCC(C)=O)C(=O)N(CCCNC(=O)CCCCC(=O)CCCCO[C@@H]2OC(COC(C)=O)[C@H](OC(C)=O)[C@H](C)C2NC(C)=O)CCCN(CCCNC(=O)CCCCC(=O)CCCCO[C@@H]2OC(COC(C)=O)[C@H](OC(C)=O)[C@H](C)C2NC(C)=O)C(=O)CCCCC(=O)CCCCO[C@@H]2OC(COC(C)=O)[C@H](OC(C)=O)[C@H](C)C2NC(C)=O)(c2ccccc2)c2ccc(OC)cc2)cc1. The van der Waals surface area contributed by atoms with E-state index in [4.69, 9.17) is 75.8 Å². The highest BCUT2D eigenvalue weighted by Gasteiger charge is 2.51. The number of methoxy groups -OCH3 is 2. The normalized spacial score (nSPS) is 20.7. The van der Waals surface area contributed by atoms with E-state index in [-0.39, 0.29) is 221 Å². The van der Waals surface area contributed by atoms with Gasteiger partial charge < -0.3 is 117 Å². The smallest absolute Gasteiger partial charge is 0.307 e. The van der Waals surface area contributed by atoms with E-state index in [1.54, 1.807) is 49.9 Å². The Hall–Kier alpha value is -11.8. The molecule has 3 aliphatic rings. The van der Waals surface area contributed by atoms with Gasteiger partial charge in [-0.15, -0.1) is 0 Å². The molecule has 7 amide bonds. The molecule has 41 nitrogen and oxygen atoms in total. The fourth-order valence-electron chi connectivity index (χ4n) is 17.9. The van der Waals surface area contributed by atoms with Crippen molar-refractivity contribution in [1.82, 2.24) is 36.4 Å². The maximum atomic E-state index is 15.9. The third-order valence-electron chi connectivity index (χ3n) is 25.5. The number of hydrogen-bond donors (Lipinski definition) is 5. The van der Waals surface area contributed by atoms with E-state index in [2.05, 4.69) is 26.6 Å². The summed E-state index contributed by atoms with van der Waals surface area (Å²) in [6.45, 7) is 17.3. The molecule has 7 unspecified atom stereocenters. The van der Waals surface area contributed by atoms with Crippen LogP contribution in [0.4, 0.5) is 0 Å². The Kier molecular flexibility index (Phi) is 56.8. The number of hydrogen-bond acceptors (Lipinski definition) is 34. The van der Waals surface area contributed by atoms with Gasteiger partial charge in [-0.25, -0.2) is 0 Å². The van der Waals surface area contributed by atoms with Crippen molar-refractivity contribution in [2.24, 2.45) is 17.8 Å². The van der Waals surface area contributed by atoms with Crippen LogP contribution in [0.25, 0.3) is 0 Å². The van der Waals surface area contributed by atoms with Crippen molar-refractivity contribution in [2.75, 3.05) is 99.7 Å². The van der Waals surface area contributed by atoms with Crippen LogP contribution in [0.15, 0.2) is 78.9 Å². The van der Waals surface area contributed by atoms with Gasteiger partial charge in [0.25, 0.3) is 5.91 Å². The van der Waals surface area contributed by atoms with Crippen LogP contribution in [-0.2, 0) is 158 Å². The number of nitrogens with zero attached hydrogens (tertiary/aromatic N) is 2. The summed E-state index contributed by atoms with van der Waals surface area (Å²) in [7, 11) is 3.06. The van der Waals surface area contributed by atoms with E-state index >= 15 is 4.79 Å². The molecule has 3 fully saturated rings. The van der Waals surface area contributed by atoms with Crippen LogP contribution < -0.4 is 36.1 Å². The first-order valence-corrected chi connectivity index (χ1v) is 51.5. The molecule has 41 heteroatoms. The number of benzene rings is 3. The van der Waals surface area contributed by atoms with Gasteiger partial charge in [0.05, 0.1) is 45.4 Å². The van der Waals surface area contributed by atoms with Gasteiger partial charge in [-0.1, -0.05) is 75.4 Å². The summed E-state index contributed by atoms with van der Waals surface area (Å²) in [5.74, 6) is -8.07. The topological polar surface area (TPSA) is 522 Å². The quantitative estimate of drug-likeness (QED) is 0.0152. The molecule has 824 valence electrons. The maximum Gasteiger partial charge on any atom is 0.307 e. The molecule has 6 rings (SSSR count). The standard InChI is InChI=1S/C107H157N7O34/c1-68(115)45-54-96(131)145-92(67-141-107(81-34-17-16-18-35-81,82-46-50-87(133-14)51-47-82)83-48-52-88(134-15)53-49-83)103(132)114(58-32-56-109-94(129)43-23-20-37-85(126)40-26-29-62-136-105-98(111-73(6)117)70(3)101(143-79(12)123)90(147-105)65-139-76(9)120)60-33-59-113(95(130)44-24-21-38-86(127)41-27-30-63-137-106-99(112-74(7)118)71(4)102(144-80(13)124)91(148-106)66-140-77(10)121)57-31-55-108-93(128)42-22-19-36-84(125)39-25-28-61-135-104-97(110-72(5)116)69(2)100(142-78(11)122)89(146-104)64-138-75(8)119/h16-18,34-35,46-53,69-71,89-92,97-102,104-106H,19-33,36-45,54-67H2,1-15H3,(H,108,128)(H,109,129)(H,110,116)(H,111,117)(H,112,118)/t69-,70-,71-,89?,90?,91?,92?,97?,98?,99?,100-,101-,102-,104-,105-,106-/m1/s1. The van der Waals surface area contributed by atoms with Gasteiger partial charge in [-0.05, 0) is 144 Å². The van der Waals surface area contributed by atoms with E-state index in [9.17, 15) is 81.5 Å². The molecule has 0 aromatic heterocycles. The molecule has 0 spiro atoms. The van der Waals surface area contributed by atoms with Gasteiger partial charge in [0, 0.05) is 203 Å². The predicted molar refractivity (Wildman–Crippen MR) is 534 cm³/mol. The predicted octanol–water partition coefficient (Wildman–Crippen LogP) is 9.38. The molecule has 16 atom stereocenters. The van der Waals surface area contributed by atoms with Crippen molar-refractivity contribution in [1.29, 1.82) is 0 Å². The molecule has 0 bridgehead atoms. The first kappa shape index (κ1) is 125. The lowest BCUT2D eigenvalue weighted by atomic mass is 9.80. The number of ether oxygens (including phenoxy) is 16. The monoisotopic (exact) mass is 2080 g/mol. The minimum Gasteiger partial charge on any atom is -0.497 e. The Bertz CT molecular complexity index is 4680. The number of rotatable bonds is 70. The zero-order valence-corrected chi connectivity index (χ0v) is 88.6. The fourth-order valence-corrected chi connectivity index (χ4v) is 17.9. The number of amides is 7. The first-order chi connectivity index (χ1) is 70.6. The number of Topliss-reactive ketones (excluding diaryl/α,β-unsaturated/α-hetero) is 4. The molecular weight excluding hydrogens is 1930 g/mol. The van der Waals surface area contributed by atoms with Gasteiger partial charge in [0.15, 0.2) is 18.9 Å². The third kappa shape index (κ3) is 45.3. The van der Waals surface area contributed by atoms with E-state index in [1.807, 2.05) is 54.6 Å². The number of esters is 7. The third-order valence-corrected chi connectivity index (χ3v) is 25.5.